The van der Waals surface area contributed by atoms with Gasteiger partial charge in [0.2, 0.25) is 0 Å². The fraction of sp³-hybridized carbons (Fsp3) is 0.455. The van der Waals surface area contributed by atoms with Crippen LogP contribution in [0.2, 0.25) is 0 Å². The highest BCUT2D eigenvalue weighted by molar-refractivity contribution is 5.21. The van der Waals surface area contributed by atoms with Crippen LogP contribution in [0.15, 0.2) is 18.2 Å². The predicted molar refractivity (Wildman–Crippen MR) is 50.3 cm³/mol. The number of epoxide rings is 1. The molecule has 0 aliphatic carbocycles. The Balaban J connectivity index is 2.02. The molecule has 1 heterocycles. The lowest BCUT2D eigenvalue weighted by Crippen LogP contribution is -2.03. The van der Waals surface area contributed by atoms with Crippen LogP contribution < -0.4 is 0 Å². The molecule has 1 aliphatic heterocycles. The molecule has 0 spiro atoms. The quantitative estimate of drug-likeness (QED) is 0.779. The number of benzene rings is 1. The van der Waals surface area contributed by atoms with Gasteiger partial charge < -0.3 is 9.84 Å². The number of rotatable bonds is 4. The van der Waals surface area contributed by atoms with Gasteiger partial charge in [-0.15, -0.1) is 0 Å². The van der Waals surface area contributed by atoms with E-state index in [0.29, 0.717) is 19.4 Å². The lowest BCUT2D eigenvalue weighted by atomic mass is 10.0. The van der Waals surface area contributed by atoms with E-state index in [-0.39, 0.29) is 11.7 Å². The second-order valence-electron chi connectivity index (χ2n) is 3.71. The molecule has 1 saturated heterocycles. The first-order valence-corrected chi connectivity index (χ1v) is 4.91. The van der Waals surface area contributed by atoms with Crippen LogP contribution in [0.1, 0.15) is 24.5 Å². The molecule has 0 saturated carbocycles. The Bertz CT molecular complexity index is 350. The van der Waals surface area contributed by atoms with Gasteiger partial charge in [-0.1, -0.05) is 0 Å². The Morgan fingerprint density at radius 1 is 1.47 bits per heavy atom. The van der Waals surface area contributed by atoms with E-state index in [9.17, 15) is 13.9 Å². The maximum absolute atomic E-state index is 13.2. The summed E-state index contributed by atoms with van der Waals surface area (Å²) in [5.74, 6) is -1.10. The number of halogens is 2. The summed E-state index contributed by atoms with van der Waals surface area (Å²) in [4.78, 5) is 0. The number of aliphatic hydroxyl groups excluding tert-OH is 1. The zero-order chi connectivity index (χ0) is 10.8. The Morgan fingerprint density at radius 3 is 2.87 bits per heavy atom. The van der Waals surface area contributed by atoms with E-state index in [0.717, 1.165) is 18.2 Å². The van der Waals surface area contributed by atoms with Gasteiger partial charge in [0, 0.05) is 5.56 Å². The standard InChI is InChI=1S/C11H12F2O2/c12-7-1-3-10(13)9(5-7)11(14)4-2-8-6-15-8/h1,3,5,8,11,14H,2,4,6H2/t8?,11-/m0/s1. The lowest BCUT2D eigenvalue weighted by Gasteiger charge is -2.10. The fourth-order valence-electron chi connectivity index (χ4n) is 1.50. The van der Waals surface area contributed by atoms with Crippen molar-refractivity contribution in [3.8, 4) is 0 Å². The average molecular weight is 214 g/mol. The molecule has 2 nitrogen and oxygen atoms in total. The lowest BCUT2D eigenvalue weighted by molar-refractivity contribution is 0.155. The number of aliphatic hydroxyl groups is 1. The van der Waals surface area contributed by atoms with E-state index in [4.69, 9.17) is 4.74 Å². The molecule has 15 heavy (non-hydrogen) atoms. The van der Waals surface area contributed by atoms with Crippen LogP contribution in [0, 0.1) is 11.6 Å². The number of hydrogen-bond donors (Lipinski definition) is 1. The van der Waals surface area contributed by atoms with Crippen LogP contribution in [-0.4, -0.2) is 17.8 Å². The van der Waals surface area contributed by atoms with Crippen molar-refractivity contribution in [2.24, 2.45) is 0 Å². The molecule has 0 amide bonds. The van der Waals surface area contributed by atoms with E-state index < -0.39 is 17.7 Å². The maximum Gasteiger partial charge on any atom is 0.129 e. The van der Waals surface area contributed by atoms with Crippen molar-refractivity contribution in [3.63, 3.8) is 0 Å². The molecule has 0 bridgehead atoms. The third kappa shape index (κ3) is 2.73. The summed E-state index contributed by atoms with van der Waals surface area (Å²) in [5, 5.41) is 9.64. The van der Waals surface area contributed by atoms with Gasteiger partial charge in [-0.25, -0.2) is 8.78 Å². The average Bonchev–Trinajstić information content (AvgIpc) is 3.02. The molecule has 1 aliphatic rings. The van der Waals surface area contributed by atoms with E-state index in [1.807, 2.05) is 0 Å². The highest BCUT2D eigenvalue weighted by Gasteiger charge is 2.24. The molecule has 1 N–H and O–H groups in total. The van der Waals surface area contributed by atoms with Crippen molar-refractivity contribution in [1.82, 2.24) is 0 Å². The molecule has 2 rings (SSSR count). The van der Waals surface area contributed by atoms with Gasteiger partial charge in [-0.3, -0.25) is 0 Å². The van der Waals surface area contributed by atoms with Crippen LogP contribution in [0.25, 0.3) is 0 Å². The summed E-state index contributed by atoms with van der Waals surface area (Å²) in [5.41, 5.74) is 0.0238. The molecule has 1 aromatic carbocycles. The van der Waals surface area contributed by atoms with Crippen LogP contribution in [-0.2, 0) is 4.74 Å². The van der Waals surface area contributed by atoms with Crippen molar-refractivity contribution < 1.29 is 18.6 Å². The van der Waals surface area contributed by atoms with Gasteiger partial charge in [-0.05, 0) is 31.0 Å². The molecular formula is C11H12F2O2. The Kier molecular flexibility index (Phi) is 2.98. The number of ether oxygens (including phenoxy) is 1. The summed E-state index contributed by atoms with van der Waals surface area (Å²) < 4.78 is 31.0. The van der Waals surface area contributed by atoms with Crippen molar-refractivity contribution in [2.75, 3.05) is 6.61 Å². The van der Waals surface area contributed by atoms with Crippen molar-refractivity contribution in [3.05, 3.63) is 35.4 Å². The monoisotopic (exact) mass is 214 g/mol. The molecule has 0 radical (unpaired) electrons. The predicted octanol–water partition coefficient (Wildman–Crippen LogP) is 2.18. The van der Waals surface area contributed by atoms with Gasteiger partial charge in [0.15, 0.2) is 0 Å². The topological polar surface area (TPSA) is 32.8 Å². The highest BCUT2D eigenvalue weighted by Crippen LogP contribution is 2.26. The normalized spacial score (nSPS) is 21.4. The first-order chi connectivity index (χ1) is 7.16. The maximum atomic E-state index is 13.2. The highest BCUT2D eigenvalue weighted by atomic mass is 19.1. The summed E-state index contributed by atoms with van der Waals surface area (Å²) in [7, 11) is 0. The molecule has 0 aromatic heterocycles. The van der Waals surface area contributed by atoms with Crippen LogP contribution in [0.4, 0.5) is 8.78 Å². The smallest absolute Gasteiger partial charge is 0.129 e. The van der Waals surface area contributed by atoms with Gasteiger partial charge >= 0.3 is 0 Å². The Labute approximate surface area is 86.5 Å². The fourth-order valence-corrected chi connectivity index (χ4v) is 1.50. The summed E-state index contributed by atoms with van der Waals surface area (Å²) in [6.45, 7) is 0.707. The van der Waals surface area contributed by atoms with Crippen molar-refractivity contribution >= 4 is 0 Å². The molecule has 82 valence electrons. The third-order valence-electron chi connectivity index (χ3n) is 2.48. The van der Waals surface area contributed by atoms with Gasteiger partial charge in [0.1, 0.15) is 11.6 Å². The summed E-state index contributed by atoms with van der Waals surface area (Å²) in [6.07, 6.45) is 0.309. The minimum absolute atomic E-state index is 0.0238. The van der Waals surface area contributed by atoms with E-state index in [1.54, 1.807) is 0 Å². The van der Waals surface area contributed by atoms with E-state index >= 15 is 0 Å². The summed E-state index contributed by atoms with van der Waals surface area (Å²) >= 11 is 0. The van der Waals surface area contributed by atoms with E-state index in [2.05, 4.69) is 0 Å². The van der Waals surface area contributed by atoms with Crippen LogP contribution >= 0.6 is 0 Å². The van der Waals surface area contributed by atoms with Crippen LogP contribution in [0.3, 0.4) is 0 Å². The zero-order valence-corrected chi connectivity index (χ0v) is 8.12. The molecule has 2 atom stereocenters. The minimum Gasteiger partial charge on any atom is -0.388 e. The zero-order valence-electron chi connectivity index (χ0n) is 8.12. The molecule has 1 fully saturated rings. The van der Waals surface area contributed by atoms with Crippen molar-refractivity contribution in [1.29, 1.82) is 0 Å². The van der Waals surface area contributed by atoms with Gasteiger partial charge in [0.25, 0.3) is 0 Å². The second kappa shape index (κ2) is 4.24. The van der Waals surface area contributed by atoms with Crippen LogP contribution in [0.5, 0.6) is 0 Å². The number of hydrogen-bond acceptors (Lipinski definition) is 2. The second-order valence-corrected chi connectivity index (χ2v) is 3.71. The molecule has 4 heteroatoms. The minimum atomic E-state index is -0.954. The van der Waals surface area contributed by atoms with Gasteiger partial charge in [0.05, 0.1) is 18.8 Å². The largest absolute Gasteiger partial charge is 0.388 e. The molecular weight excluding hydrogens is 202 g/mol. The molecule has 1 unspecified atom stereocenters. The Morgan fingerprint density at radius 2 is 2.20 bits per heavy atom. The molecule has 1 aromatic rings. The third-order valence-corrected chi connectivity index (χ3v) is 2.48. The van der Waals surface area contributed by atoms with Gasteiger partial charge in [-0.2, -0.15) is 0 Å². The van der Waals surface area contributed by atoms with E-state index in [1.165, 1.54) is 0 Å². The summed E-state index contributed by atoms with van der Waals surface area (Å²) in [6, 6.07) is 3.10. The van der Waals surface area contributed by atoms with Crippen molar-refractivity contribution in [2.45, 2.75) is 25.0 Å². The Hall–Kier alpha value is -1.00. The first kappa shape index (κ1) is 10.5. The first-order valence-electron chi connectivity index (χ1n) is 4.91. The SMILES string of the molecule is O[C@@H](CCC1CO1)c1cc(F)ccc1F.